The number of rotatable bonds is 3. The lowest BCUT2D eigenvalue weighted by molar-refractivity contribution is 0.292. The lowest BCUT2D eigenvalue weighted by atomic mass is 10.1. The Kier molecular flexibility index (Phi) is 4.17. The second kappa shape index (κ2) is 5.52. The number of nitrogens with zero attached hydrogens (tertiary/aromatic N) is 1. The highest BCUT2D eigenvalue weighted by molar-refractivity contribution is 7.89. The minimum atomic E-state index is -3.84. The first kappa shape index (κ1) is 14.4. The van der Waals surface area contributed by atoms with Gasteiger partial charge in [-0.15, -0.1) is 0 Å². The number of piperidine rings is 1. The molecule has 7 heteroatoms. The van der Waals surface area contributed by atoms with E-state index in [1.165, 1.54) is 4.31 Å². The van der Waals surface area contributed by atoms with Crippen LogP contribution in [-0.2, 0) is 10.0 Å². The average Bonchev–Trinajstić information content (AvgIpc) is 2.37. The Morgan fingerprint density at radius 2 is 1.89 bits per heavy atom. The molecule has 1 aromatic carbocycles. The predicted molar refractivity (Wildman–Crippen MR) is 67.2 cm³/mol. The molecule has 106 valence electrons. The van der Waals surface area contributed by atoms with Crippen molar-refractivity contribution in [1.29, 1.82) is 0 Å². The molecule has 1 atom stereocenters. The van der Waals surface area contributed by atoms with Crippen LogP contribution in [0.3, 0.4) is 0 Å². The Morgan fingerprint density at radius 3 is 2.47 bits per heavy atom. The first-order chi connectivity index (χ1) is 8.93. The Labute approximate surface area is 111 Å². The number of hydrogen-bond acceptors (Lipinski definition) is 3. The monoisotopic (exact) mass is 290 g/mol. The van der Waals surface area contributed by atoms with Crippen molar-refractivity contribution in [3.05, 3.63) is 29.8 Å². The van der Waals surface area contributed by atoms with Gasteiger partial charge in [0.25, 0.3) is 0 Å². The molecule has 0 spiro atoms. The van der Waals surface area contributed by atoms with Gasteiger partial charge >= 0.3 is 0 Å². The molecule has 1 aromatic rings. The maximum atomic E-state index is 13.1. The van der Waals surface area contributed by atoms with Gasteiger partial charge in [0.2, 0.25) is 10.0 Å². The van der Waals surface area contributed by atoms with Gasteiger partial charge in [-0.05, 0) is 32.0 Å². The van der Waals surface area contributed by atoms with Crippen LogP contribution in [0.25, 0.3) is 0 Å². The zero-order valence-electron chi connectivity index (χ0n) is 10.6. The van der Waals surface area contributed by atoms with Gasteiger partial charge in [0, 0.05) is 25.2 Å². The fourth-order valence-electron chi connectivity index (χ4n) is 2.22. The van der Waals surface area contributed by atoms with Gasteiger partial charge in [-0.25, -0.2) is 17.2 Å². The van der Waals surface area contributed by atoms with Crippen LogP contribution >= 0.6 is 0 Å². The van der Waals surface area contributed by atoms with Crippen LogP contribution in [0.4, 0.5) is 8.78 Å². The predicted octanol–water partition coefficient (Wildman–Crippen LogP) is 1.34. The molecule has 19 heavy (non-hydrogen) atoms. The van der Waals surface area contributed by atoms with Gasteiger partial charge in [0.1, 0.15) is 11.6 Å². The molecule has 4 nitrogen and oxygen atoms in total. The van der Waals surface area contributed by atoms with E-state index in [0.717, 1.165) is 25.0 Å². The van der Waals surface area contributed by atoms with Crippen molar-refractivity contribution < 1.29 is 17.2 Å². The molecule has 1 aliphatic rings. The number of halogens is 2. The number of benzene rings is 1. The van der Waals surface area contributed by atoms with Crippen molar-refractivity contribution in [3.8, 4) is 0 Å². The normalized spacial score (nSPS) is 21.5. The van der Waals surface area contributed by atoms with Crippen LogP contribution in [0.1, 0.15) is 12.8 Å². The Morgan fingerprint density at radius 1 is 1.26 bits per heavy atom. The van der Waals surface area contributed by atoms with E-state index in [0.29, 0.717) is 19.2 Å². The maximum Gasteiger partial charge on any atom is 0.243 e. The second-order valence-corrected chi connectivity index (χ2v) is 6.53. The van der Waals surface area contributed by atoms with Crippen LogP contribution in [0.5, 0.6) is 0 Å². The third-order valence-electron chi connectivity index (χ3n) is 3.27. The van der Waals surface area contributed by atoms with E-state index >= 15 is 0 Å². The SMILES string of the molecule is CN[C@H]1CCCN(S(=O)(=O)c2cc(F)cc(F)c2)C1. The average molecular weight is 290 g/mol. The van der Waals surface area contributed by atoms with Gasteiger partial charge in [-0.1, -0.05) is 0 Å². The van der Waals surface area contributed by atoms with Crippen LogP contribution in [0.15, 0.2) is 23.1 Å². The summed E-state index contributed by atoms with van der Waals surface area (Å²) in [6.45, 7) is 0.690. The summed E-state index contributed by atoms with van der Waals surface area (Å²) in [6.07, 6.45) is 1.61. The third-order valence-corrected chi connectivity index (χ3v) is 5.11. The van der Waals surface area contributed by atoms with Crippen molar-refractivity contribution >= 4 is 10.0 Å². The summed E-state index contributed by atoms with van der Waals surface area (Å²) in [5, 5.41) is 3.03. The maximum absolute atomic E-state index is 13.1. The van der Waals surface area contributed by atoms with Crippen molar-refractivity contribution in [2.45, 2.75) is 23.8 Å². The number of hydrogen-bond donors (Lipinski definition) is 1. The summed E-state index contributed by atoms with van der Waals surface area (Å²) < 4.78 is 52.2. The minimum Gasteiger partial charge on any atom is -0.316 e. The number of nitrogens with one attached hydrogen (secondary N) is 1. The molecule has 1 saturated heterocycles. The zero-order valence-corrected chi connectivity index (χ0v) is 11.4. The molecule has 0 radical (unpaired) electrons. The summed E-state index contributed by atoms with van der Waals surface area (Å²) in [5.41, 5.74) is 0. The smallest absolute Gasteiger partial charge is 0.243 e. The lowest BCUT2D eigenvalue weighted by Gasteiger charge is -2.31. The summed E-state index contributed by atoms with van der Waals surface area (Å²) in [5.74, 6) is -1.78. The Balaban J connectivity index is 2.31. The van der Waals surface area contributed by atoms with Crippen molar-refractivity contribution in [2.24, 2.45) is 0 Å². The lowest BCUT2D eigenvalue weighted by Crippen LogP contribution is -2.46. The highest BCUT2D eigenvalue weighted by Gasteiger charge is 2.30. The minimum absolute atomic E-state index is 0.0712. The molecule has 0 aromatic heterocycles. The van der Waals surface area contributed by atoms with Gasteiger partial charge < -0.3 is 5.32 Å². The standard InChI is InChI=1S/C12H16F2N2O2S/c1-15-11-3-2-4-16(8-11)19(17,18)12-6-9(13)5-10(14)7-12/h5-7,11,15H,2-4,8H2,1H3/t11-/m0/s1. The molecule has 0 bridgehead atoms. The number of sulfonamides is 1. The van der Waals surface area contributed by atoms with Gasteiger partial charge in [-0.2, -0.15) is 4.31 Å². The Bertz CT molecular complexity index is 543. The molecule has 0 amide bonds. The molecule has 0 aliphatic carbocycles. The van der Waals surface area contributed by atoms with Crippen LogP contribution in [0.2, 0.25) is 0 Å². The highest BCUT2D eigenvalue weighted by atomic mass is 32.2. The topological polar surface area (TPSA) is 49.4 Å². The van der Waals surface area contributed by atoms with Gasteiger partial charge in [0.05, 0.1) is 4.90 Å². The molecule has 1 aliphatic heterocycles. The molecule has 1 heterocycles. The van der Waals surface area contributed by atoms with Crippen molar-refractivity contribution in [2.75, 3.05) is 20.1 Å². The zero-order chi connectivity index (χ0) is 14.0. The third kappa shape index (κ3) is 3.10. The molecular weight excluding hydrogens is 274 g/mol. The van der Waals surface area contributed by atoms with E-state index in [9.17, 15) is 17.2 Å². The van der Waals surface area contributed by atoms with Gasteiger partial charge in [0.15, 0.2) is 0 Å². The largest absolute Gasteiger partial charge is 0.316 e. The van der Waals surface area contributed by atoms with E-state index in [2.05, 4.69) is 5.32 Å². The van der Waals surface area contributed by atoms with E-state index in [1.54, 1.807) is 7.05 Å². The van der Waals surface area contributed by atoms with Crippen LogP contribution < -0.4 is 5.32 Å². The quantitative estimate of drug-likeness (QED) is 0.914. The van der Waals surface area contributed by atoms with Crippen LogP contribution in [-0.4, -0.2) is 38.9 Å². The highest BCUT2D eigenvalue weighted by Crippen LogP contribution is 2.22. The van der Waals surface area contributed by atoms with E-state index < -0.39 is 21.7 Å². The van der Waals surface area contributed by atoms with Crippen LogP contribution in [0, 0.1) is 11.6 Å². The fourth-order valence-corrected chi connectivity index (χ4v) is 3.79. The number of likely N-dealkylation sites (N-methyl/N-ethyl adjacent to an activating group) is 1. The fraction of sp³-hybridized carbons (Fsp3) is 0.500. The van der Waals surface area contributed by atoms with E-state index in [-0.39, 0.29) is 10.9 Å². The van der Waals surface area contributed by atoms with E-state index in [1.807, 2.05) is 0 Å². The molecular formula is C12H16F2N2O2S. The summed E-state index contributed by atoms with van der Waals surface area (Å²) in [6, 6.07) is 2.43. The van der Waals surface area contributed by atoms with E-state index in [4.69, 9.17) is 0 Å². The second-order valence-electron chi connectivity index (χ2n) is 4.60. The summed E-state index contributed by atoms with van der Waals surface area (Å²) >= 11 is 0. The first-order valence-electron chi connectivity index (χ1n) is 6.07. The van der Waals surface area contributed by atoms with Gasteiger partial charge in [-0.3, -0.25) is 0 Å². The van der Waals surface area contributed by atoms with Crippen molar-refractivity contribution in [3.63, 3.8) is 0 Å². The molecule has 0 unspecified atom stereocenters. The summed E-state index contributed by atoms with van der Waals surface area (Å²) in [7, 11) is -2.07. The molecule has 0 saturated carbocycles. The molecule has 1 fully saturated rings. The molecule has 2 rings (SSSR count). The first-order valence-corrected chi connectivity index (χ1v) is 7.51. The molecule has 1 N–H and O–H groups in total. The Hall–Kier alpha value is -1.05. The van der Waals surface area contributed by atoms with Crippen molar-refractivity contribution in [1.82, 2.24) is 9.62 Å². The summed E-state index contributed by atoms with van der Waals surface area (Å²) in [4.78, 5) is -0.332.